The largest absolute Gasteiger partial charge is 0.347 e. The van der Waals surface area contributed by atoms with Crippen LogP contribution in [0.1, 0.15) is 16.1 Å². The number of nitrogens with zero attached hydrogens (tertiary/aromatic N) is 2. The lowest BCUT2D eigenvalue weighted by Crippen LogP contribution is -2.15. The van der Waals surface area contributed by atoms with E-state index in [1.54, 1.807) is 16.8 Å². The molecule has 0 radical (unpaired) electrons. The number of carbonyl (C=O) groups is 1. The van der Waals surface area contributed by atoms with Crippen molar-refractivity contribution in [1.82, 2.24) is 9.55 Å². The summed E-state index contributed by atoms with van der Waals surface area (Å²) in [6.07, 6.45) is 3.46. The van der Waals surface area contributed by atoms with Gasteiger partial charge in [-0.25, -0.2) is 4.98 Å². The number of nitrogens with one attached hydrogen (secondary N) is 1. The number of aromatic nitrogens is 2. The van der Waals surface area contributed by atoms with E-state index in [9.17, 15) is 4.79 Å². The highest BCUT2D eigenvalue weighted by Gasteiger charge is 2.09. The summed E-state index contributed by atoms with van der Waals surface area (Å²) in [5, 5.41) is 2.81. The van der Waals surface area contributed by atoms with Crippen LogP contribution in [-0.4, -0.2) is 15.5 Å². The molecule has 2 aromatic rings. The van der Waals surface area contributed by atoms with Crippen molar-refractivity contribution >= 4 is 27.5 Å². The van der Waals surface area contributed by atoms with Gasteiger partial charge in [-0.1, -0.05) is 0 Å². The summed E-state index contributed by atoms with van der Waals surface area (Å²) in [7, 11) is 1.83. The van der Waals surface area contributed by atoms with Gasteiger partial charge < -0.3 is 9.88 Å². The minimum absolute atomic E-state index is 0.138. The number of halogens is 1. The standard InChI is InChI=1S/C12H12BrN3O/c1-8-6-9(7-14-11(8)13)15-12(17)10-4-3-5-16(10)2/h3-7H,1-2H3,(H,15,17). The third-order valence-electron chi connectivity index (χ3n) is 2.45. The maximum atomic E-state index is 11.9. The number of hydrogen-bond donors (Lipinski definition) is 1. The van der Waals surface area contributed by atoms with Gasteiger partial charge in [0, 0.05) is 13.2 Å². The van der Waals surface area contributed by atoms with Crippen molar-refractivity contribution in [3.05, 3.63) is 46.5 Å². The fourth-order valence-electron chi connectivity index (χ4n) is 1.52. The highest BCUT2D eigenvalue weighted by molar-refractivity contribution is 9.10. The van der Waals surface area contributed by atoms with E-state index < -0.39 is 0 Å². The van der Waals surface area contributed by atoms with E-state index in [2.05, 4.69) is 26.2 Å². The third-order valence-corrected chi connectivity index (χ3v) is 3.28. The zero-order valence-corrected chi connectivity index (χ0v) is 11.2. The summed E-state index contributed by atoms with van der Waals surface area (Å²) < 4.78 is 2.56. The lowest BCUT2D eigenvalue weighted by atomic mass is 10.3. The Hall–Kier alpha value is -1.62. The van der Waals surface area contributed by atoms with Crippen LogP contribution in [-0.2, 0) is 7.05 Å². The second-order valence-electron chi connectivity index (χ2n) is 3.79. The molecule has 88 valence electrons. The van der Waals surface area contributed by atoms with E-state index in [0.717, 1.165) is 10.2 Å². The van der Waals surface area contributed by atoms with Crippen LogP contribution in [0.4, 0.5) is 5.69 Å². The molecule has 0 saturated carbocycles. The first-order valence-electron chi connectivity index (χ1n) is 5.13. The second kappa shape index (κ2) is 4.71. The highest BCUT2D eigenvalue weighted by Crippen LogP contribution is 2.17. The minimum Gasteiger partial charge on any atom is -0.347 e. The van der Waals surface area contributed by atoms with E-state index in [4.69, 9.17) is 0 Å². The quantitative estimate of drug-likeness (QED) is 0.866. The normalized spacial score (nSPS) is 10.3. The van der Waals surface area contributed by atoms with Crippen molar-refractivity contribution in [2.24, 2.45) is 7.05 Å². The number of anilines is 1. The molecule has 0 bridgehead atoms. The van der Waals surface area contributed by atoms with Crippen LogP contribution in [0.25, 0.3) is 0 Å². The average molecular weight is 294 g/mol. The monoisotopic (exact) mass is 293 g/mol. The Kier molecular flexibility index (Phi) is 3.28. The Morgan fingerprint density at radius 1 is 1.53 bits per heavy atom. The number of amides is 1. The van der Waals surface area contributed by atoms with E-state index in [0.29, 0.717) is 11.4 Å². The van der Waals surface area contributed by atoms with Gasteiger partial charge in [-0.3, -0.25) is 4.79 Å². The van der Waals surface area contributed by atoms with Gasteiger partial charge in [0.25, 0.3) is 5.91 Å². The molecule has 4 nitrogen and oxygen atoms in total. The van der Waals surface area contributed by atoms with Gasteiger partial charge in [0.05, 0.1) is 11.9 Å². The molecule has 0 atom stereocenters. The number of hydrogen-bond acceptors (Lipinski definition) is 2. The van der Waals surface area contributed by atoms with Gasteiger partial charge >= 0.3 is 0 Å². The fraction of sp³-hybridized carbons (Fsp3) is 0.167. The van der Waals surface area contributed by atoms with Crippen LogP contribution in [0, 0.1) is 6.92 Å². The topological polar surface area (TPSA) is 46.9 Å². The summed E-state index contributed by atoms with van der Waals surface area (Å²) in [5.74, 6) is -0.138. The number of rotatable bonds is 2. The van der Waals surface area contributed by atoms with Crippen LogP contribution in [0.2, 0.25) is 0 Å². The smallest absolute Gasteiger partial charge is 0.272 e. The Morgan fingerprint density at radius 2 is 2.29 bits per heavy atom. The third kappa shape index (κ3) is 2.55. The molecule has 0 aromatic carbocycles. The molecule has 0 saturated heterocycles. The molecular formula is C12H12BrN3O. The van der Waals surface area contributed by atoms with Gasteiger partial charge in [0.15, 0.2) is 0 Å². The predicted molar refractivity (Wildman–Crippen MR) is 70.0 cm³/mol. The van der Waals surface area contributed by atoms with E-state index in [1.807, 2.05) is 32.3 Å². The maximum absolute atomic E-state index is 11.9. The minimum atomic E-state index is -0.138. The van der Waals surface area contributed by atoms with Crippen molar-refractivity contribution in [3.63, 3.8) is 0 Å². The molecule has 17 heavy (non-hydrogen) atoms. The Bertz CT molecular complexity index is 563. The van der Waals surface area contributed by atoms with Crippen LogP contribution < -0.4 is 5.32 Å². The van der Waals surface area contributed by atoms with E-state index in [1.165, 1.54) is 0 Å². The number of pyridine rings is 1. The zero-order chi connectivity index (χ0) is 12.4. The van der Waals surface area contributed by atoms with E-state index in [-0.39, 0.29) is 5.91 Å². The summed E-state index contributed by atoms with van der Waals surface area (Å²) >= 11 is 3.32. The van der Waals surface area contributed by atoms with Crippen LogP contribution in [0.5, 0.6) is 0 Å². The average Bonchev–Trinajstić information content (AvgIpc) is 2.70. The molecule has 0 spiro atoms. The van der Waals surface area contributed by atoms with Gasteiger partial charge in [-0.2, -0.15) is 0 Å². The Morgan fingerprint density at radius 3 is 2.88 bits per heavy atom. The summed E-state index contributed by atoms with van der Waals surface area (Å²) in [6, 6.07) is 5.48. The Labute approximate surface area is 108 Å². The number of carbonyl (C=O) groups excluding carboxylic acids is 1. The fourth-order valence-corrected chi connectivity index (χ4v) is 1.74. The molecule has 0 aliphatic carbocycles. The maximum Gasteiger partial charge on any atom is 0.272 e. The lowest BCUT2D eigenvalue weighted by Gasteiger charge is -2.07. The molecule has 2 aromatic heterocycles. The molecule has 2 rings (SSSR count). The van der Waals surface area contributed by atoms with Gasteiger partial charge in [-0.05, 0) is 46.6 Å². The first-order valence-corrected chi connectivity index (χ1v) is 5.92. The first-order chi connectivity index (χ1) is 8.08. The predicted octanol–water partition coefficient (Wildman–Crippen LogP) is 2.74. The van der Waals surface area contributed by atoms with Crippen LogP contribution in [0.15, 0.2) is 35.2 Å². The molecule has 0 aliphatic rings. The Balaban J connectivity index is 2.19. The molecule has 0 fully saturated rings. The van der Waals surface area contributed by atoms with Crippen LogP contribution >= 0.6 is 15.9 Å². The molecule has 0 unspecified atom stereocenters. The molecule has 0 aliphatic heterocycles. The molecule has 5 heteroatoms. The van der Waals surface area contributed by atoms with Gasteiger partial charge in [0.2, 0.25) is 0 Å². The number of aryl methyl sites for hydroxylation is 2. The summed E-state index contributed by atoms with van der Waals surface area (Å²) in [6.45, 7) is 1.93. The first kappa shape index (κ1) is 11.9. The SMILES string of the molecule is Cc1cc(NC(=O)c2cccn2C)cnc1Br. The second-order valence-corrected chi connectivity index (χ2v) is 4.54. The van der Waals surface area contributed by atoms with Gasteiger partial charge in [-0.15, -0.1) is 0 Å². The zero-order valence-electron chi connectivity index (χ0n) is 9.57. The van der Waals surface area contributed by atoms with Gasteiger partial charge in [0.1, 0.15) is 10.3 Å². The van der Waals surface area contributed by atoms with Crippen molar-refractivity contribution in [3.8, 4) is 0 Å². The summed E-state index contributed by atoms with van der Waals surface area (Å²) in [5.41, 5.74) is 2.29. The molecule has 1 amide bonds. The van der Waals surface area contributed by atoms with Crippen molar-refractivity contribution < 1.29 is 4.79 Å². The molecule has 2 heterocycles. The van der Waals surface area contributed by atoms with Crippen molar-refractivity contribution in [1.29, 1.82) is 0 Å². The van der Waals surface area contributed by atoms with Crippen LogP contribution in [0.3, 0.4) is 0 Å². The van der Waals surface area contributed by atoms with Crippen molar-refractivity contribution in [2.75, 3.05) is 5.32 Å². The van der Waals surface area contributed by atoms with Crippen molar-refractivity contribution in [2.45, 2.75) is 6.92 Å². The molecule has 1 N–H and O–H groups in total. The highest BCUT2D eigenvalue weighted by atomic mass is 79.9. The lowest BCUT2D eigenvalue weighted by molar-refractivity contribution is 0.101. The molecular weight excluding hydrogens is 282 g/mol. The van der Waals surface area contributed by atoms with E-state index >= 15 is 0 Å². The summed E-state index contributed by atoms with van der Waals surface area (Å²) in [4.78, 5) is 16.1.